The van der Waals surface area contributed by atoms with E-state index in [0.717, 1.165) is 29.1 Å². The van der Waals surface area contributed by atoms with Gasteiger partial charge in [0.15, 0.2) is 25.8 Å². The first kappa shape index (κ1) is 31.1. The summed E-state index contributed by atoms with van der Waals surface area (Å²) >= 11 is 0. The number of nitrogens with zero attached hydrogens (tertiary/aromatic N) is 3. The first-order valence-electron chi connectivity index (χ1n) is 14.7. The average molecular weight is 612 g/mol. The molecule has 10 heteroatoms. The number of benzene rings is 2. The van der Waals surface area contributed by atoms with Gasteiger partial charge in [-0.25, -0.2) is 18.2 Å². The molecule has 2 fully saturated rings. The Balaban J connectivity index is 1.48. The molecule has 2 aliphatic heterocycles. The molecule has 43 heavy (non-hydrogen) atoms. The highest BCUT2D eigenvalue weighted by Crippen LogP contribution is 2.45. The summed E-state index contributed by atoms with van der Waals surface area (Å²) < 4.78 is 57.2. The van der Waals surface area contributed by atoms with E-state index in [1.54, 1.807) is 18.3 Å². The summed E-state index contributed by atoms with van der Waals surface area (Å²) in [4.78, 5) is 20.1. The van der Waals surface area contributed by atoms with Gasteiger partial charge in [0, 0.05) is 23.9 Å². The fourth-order valence-corrected chi connectivity index (χ4v) is 7.31. The molecule has 3 heterocycles. The number of fused-ring (bicyclic) bond motifs is 1. The van der Waals surface area contributed by atoms with Gasteiger partial charge >= 0.3 is 0 Å². The van der Waals surface area contributed by atoms with Gasteiger partial charge in [0.1, 0.15) is 5.75 Å². The predicted molar refractivity (Wildman–Crippen MR) is 163 cm³/mol. The SMILES string of the molecule is COc1cc(/C=C2\CCC3CC(O[Si](C)(C)C(C)(C)C)C[C@@H](c4cc(F)c(F)c(F)c4)N3C2=O)ccc1-n1cnc(C)c1. The first-order chi connectivity index (χ1) is 20.2. The van der Waals surface area contributed by atoms with Crippen molar-refractivity contribution in [2.45, 2.75) is 89.7 Å². The number of carbonyl (C=O) groups is 1. The standard InChI is InChI=1S/C33H40F3N3O3Si/c1-20-18-38(19-37-20)28-11-8-21(13-30(28)41-5)12-22-9-10-24-16-25(42-43(6,7)33(2,3)4)17-29(39(24)32(22)40)23-14-26(34)31(36)27(35)15-23/h8,11-15,18-19,24-25,29H,9-10,16-17H2,1-7H3/b22-12+/t24?,25?,29-/m0/s1. The smallest absolute Gasteiger partial charge is 0.250 e. The number of aromatic nitrogens is 2. The number of ether oxygens (including phenoxy) is 1. The number of rotatable bonds is 6. The Morgan fingerprint density at radius 3 is 2.37 bits per heavy atom. The lowest BCUT2D eigenvalue weighted by Gasteiger charge is -2.50. The maximum Gasteiger partial charge on any atom is 0.250 e. The van der Waals surface area contributed by atoms with Crippen molar-refractivity contribution in [3.8, 4) is 11.4 Å². The minimum Gasteiger partial charge on any atom is -0.495 e. The molecule has 1 aromatic heterocycles. The van der Waals surface area contributed by atoms with Crippen LogP contribution in [-0.4, -0.2) is 47.9 Å². The second kappa shape index (κ2) is 11.6. The second-order valence-corrected chi connectivity index (χ2v) is 18.0. The molecule has 3 aromatic rings. The monoisotopic (exact) mass is 611 g/mol. The molecule has 2 unspecified atom stereocenters. The van der Waals surface area contributed by atoms with Crippen molar-refractivity contribution in [1.82, 2.24) is 14.5 Å². The van der Waals surface area contributed by atoms with E-state index in [1.165, 1.54) is 0 Å². The number of carbonyl (C=O) groups excluding carboxylic acids is 1. The summed E-state index contributed by atoms with van der Waals surface area (Å²) in [6.07, 6.45) is 7.53. The lowest BCUT2D eigenvalue weighted by Crippen LogP contribution is -2.55. The summed E-state index contributed by atoms with van der Waals surface area (Å²) in [5.41, 5.74) is 3.34. The number of hydrogen-bond acceptors (Lipinski definition) is 4. The van der Waals surface area contributed by atoms with E-state index in [9.17, 15) is 18.0 Å². The zero-order chi connectivity index (χ0) is 31.3. The van der Waals surface area contributed by atoms with Crippen molar-refractivity contribution in [2.24, 2.45) is 0 Å². The lowest BCUT2D eigenvalue weighted by atomic mass is 9.82. The molecule has 2 aromatic carbocycles. The van der Waals surface area contributed by atoms with Gasteiger partial charge in [-0.3, -0.25) is 4.79 Å². The van der Waals surface area contributed by atoms with Gasteiger partial charge in [-0.05, 0) is 92.2 Å². The van der Waals surface area contributed by atoms with Gasteiger partial charge in [-0.15, -0.1) is 0 Å². The molecule has 6 nitrogen and oxygen atoms in total. The summed E-state index contributed by atoms with van der Waals surface area (Å²) in [5.74, 6) is -3.60. The quantitative estimate of drug-likeness (QED) is 0.162. The van der Waals surface area contributed by atoms with E-state index in [1.807, 2.05) is 42.0 Å². The van der Waals surface area contributed by atoms with Crippen LogP contribution < -0.4 is 4.74 Å². The molecule has 2 saturated heterocycles. The molecular formula is C33H40F3N3O3Si. The molecule has 0 N–H and O–H groups in total. The van der Waals surface area contributed by atoms with Gasteiger partial charge in [0.2, 0.25) is 0 Å². The fourth-order valence-electron chi connectivity index (χ4n) is 5.93. The third-order valence-electron chi connectivity index (χ3n) is 9.20. The van der Waals surface area contributed by atoms with Crippen molar-refractivity contribution in [3.05, 3.63) is 82.7 Å². The maximum atomic E-state index is 14.5. The van der Waals surface area contributed by atoms with Crippen molar-refractivity contribution >= 4 is 20.3 Å². The Labute approximate surface area is 252 Å². The highest BCUT2D eigenvalue weighted by Gasteiger charge is 2.46. The molecule has 0 radical (unpaired) electrons. The van der Waals surface area contributed by atoms with Crippen molar-refractivity contribution in [2.75, 3.05) is 7.11 Å². The van der Waals surface area contributed by atoms with Crippen LogP contribution in [0.15, 0.2) is 48.4 Å². The van der Waals surface area contributed by atoms with E-state index in [-0.39, 0.29) is 28.7 Å². The van der Waals surface area contributed by atoms with Crippen LogP contribution in [0.4, 0.5) is 13.2 Å². The van der Waals surface area contributed by atoms with E-state index >= 15 is 0 Å². The van der Waals surface area contributed by atoms with Gasteiger partial charge in [-0.1, -0.05) is 26.8 Å². The molecule has 0 aliphatic carbocycles. The van der Waals surface area contributed by atoms with Crippen LogP contribution in [0.1, 0.15) is 69.3 Å². The van der Waals surface area contributed by atoms with E-state index in [0.29, 0.717) is 37.0 Å². The van der Waals surface area contributed by atoms with E-state index in [2.05, 4.69) is 38.8 Å². The van der Waals surface area contributed by atoms with E-state index in [4.69, 9.17) is 9.16 Å². The summed E-state index contributed by atoms with van der Waals surface area (Å²) in [6.45, 7) is 12.7. The van der Waals surface area contributed by atoms with Crippen LogP contribution in [0.25, 0.3) is 11.8 Å². The van der Waals surface area contributed by atoms with Gasteiger partial charge in [0.05, 0.1) is 30.9 Å². The summed E-state index contributed by atoms with van der Waals surface area (Å²) in [6, 6.07) is 6.91. The Morgan fingerprint density at radius 2 is 1.77 bits per heavy atom. The van der Waals surface area contributed by atoms with Gasteiger partial charge in [-0.2, -0.15) is 0 Å². The minimum absolute atomic E-state index is 0.0285. The third-order valence-corrected chi connectivity index (χ3v) is 13.7. The number of methoxy groups -OCH3 is 1. The molecule has 3 atom stereocenters. The normalized spacial score (nSPS) is 22.2. The highest BCUT2D eigenvalue weighted by atomic mass is 28.4. The molecule has 2 aliphatic rings. The largest absolute Gasteiger partial charge is 0.495 e. The third kappa shape index (κ3) is 6.17. The average Bonchev–Trinajstić information content (AvgIpc) is 3.37. The van der Waals surface area contributed by atoms with Gasteiger partial charge < -0.3 is 18.6 Å². The van der Waals surface area contributed by atoms with E-state index < -0.39 is 31.8 Å². The molecule has 5 rings (SSSR count). The predicted octanol–water partition coefficient (Wildman–Crippen LogP) is 7.91. The number of imidazole rings is 1. The molecule has 1 amide bonds. The van der Waals surface area contributed by atoms with Crippen molar-refractivity contribution < 1.29 is 27.1 Å². The van der Waals surface area contributed by atoms with Crippen LogP contribution in [0.3, 0.4) is 0 Å². The van der Waals surface area contributed by atoms with Crippen LogP contribution in [-0.2, 0) is 9.22 Å². The maximum absolute atomic E-state index is 14.5. The van der Waals surface area contributed by atoms with Crippen molar-refractivity contribution in [3.63, 3.8) is 0 Å². The lowest BCUT2D eigenvalue weighted by molar-refractivity contribution is -0.139. The van der Waals surface area contributed by atoms with Crippen LogP contribution in [0.2, 0.25) is 18.1 Å². The second-order valence-electron chi connectivity index (χ2n) is 13.2. The van der Waals surface area contributed by atoms with Crippen LogP contribution in [0.5, 0.6) is 5.75 Å². The summed E-state index contributed by atoms with van der Waals surface area (Å²) in [5, 5.41) is -0.0285. The first-order valence-corrected chi connectivity index (χ1v) is 17.6. The number of aryl methyl sites for hydroxylation is 1. The molecule has 0 bridgehead atoms. The van der Waals surface area contributed by atoms with Crippen LogP contribution in [0, 0.1) is 24.4 Å². The zero-order valence-electron chi connectivity index (χ0n) is 25.9. The minimum atomic E-state index is -2.17. The van der Waals surface area contributed by atoms with Crippen LogP contribution >= 0.6 is 0 Å². The Bertz CT molecular complexity index is 1540. The summed E-state index contributed by atoms with van der Waals surface area (Å²) in [7, 11) is -0.574. The number of halogens is 3. The molecular weight excluding hydrogens is 571 g/mol. The number of piperidine rings is 2. The Morgan fingerprint density at radius 1 is 1.07 bits per heavy atom. The fraction of sp³-hybridized carbons (Fsp3) is 0.455. The Kier molecular flexibility index (Phi) is 8.39. The number of hydrogen-bond donors (Lipinski definition) is 0. The molecule has 230 valence electrons. The topological polar surface area (TPSA) is 56.6 Å². The van der Waals surface area contributed by atoms with Gasteiger partial charge in [0.25, 0.3) is 5.91 Å². The Hall–Kier alpha value is -3.37. The van der Waals surface area contributed by atoms with Crippen molar-refractivity contribution in [1.29, 1.82) is 0 Å². The highest BCUT2D eigenvalue weighted by molar-refractivity contribution is 6.74. The molecule has 0 saturated carbocycles. The molecule has 0 spiro atoms. The number of amides is 1. The zero-order valence-corrected chi connectivity index (χ0v) is 26.9.